The van der Waals surface area contributed by atoms with Crippen molar-refractivity contribution in [1.82, 2.24) is 9.21 Å². The molecule has 0 radical (unpaired) electrons. The van der Waals surface area contributed by atoms with Gasteiger partial charge >= 0.3 is 0 Å². The van der Waals surface area contributed by atoms with Crippen molar-refractivity contribution in [2.75, 3.05) is 31.9 Å². The molecule has 5 heteroatoms. The van der Waals surface area contributed by atoms with Crippen LogP contribution >= 0.6 is 0 Å². The van der Waals surface area contributed by atoms with E-state index in [1.54, 1.807) is 4.31 Å². The summed E-state index contributed by atoms with van der Waals surface area (Å²) < 4.78 is 25.4. The molecule has 2 rings (SSSR count). The van der Waals surface area contributed by atoms with E-state index in [1.165, 1.54) is 0 Å². The third-order valence-corrected chi connectivity index (χ3v) is 5.60. The van der Waals surface area contributed by atoms with Crippen molar-refractivity contribution in [2.24, 2.45) is 0 Å². The van der Waals surface area contributed by atoms with Gasteiger partial charge < -0.3 is 4.90 Å². The summed E-state index contributed by atoms with van der Waals surface area (Å²) in [5, 5.41) is 0. The minimum absolute atomic E-state index is 0.175. The lowest BCUT2D eigenvalue weighted by Crippen LogP contribution is -2.48. The third kappa shape index (κ3) is 3.01. The predicted octanol–water partition coefficient (Wildman–Crippen LogP) is 0.510. The van der Waals surface area contributed by atoms with Gasteiger partial charge in [0.25, 0.3) is 0 Å². The first-order valence-electron chi connectivity index (χ1n) is 6.29. The largest absolute Gasteiger partial charge is 0.301 e. The lowest BCUT2D eigenvalue weighted by Gasteiger charge is -2.36. The van der Waals surface area contributed by atoms with Crippen molar-refractivity contribution in [3.8, 4) is 12.3 Å². The van der Waals surface area contributed by atoms with Gasteiger partial charge in [0.05, 0.1) is 5.75 Å². The maximum Gasteiger partial charge on any atom is 0.214 e. The summed E-state index contributed by atoms with van der Waals surface area (Å²) in [7, 11) is -2.96. The molecule has 96 valence electrons. The molecule has 0 aliphatic carbocycles. The van der Waals surface area contributed by atoms with Crippen LogP contribution in [0.5, 0.6) is 0 Å². The molecule has 0 spiro atoms. The van der Waals surface area contributed by atoms with Gasteiger partial charge in [-0.1, -0.05) is 0 Å². The monoisotopic (exact) mass is 256 g/mol. The Hall–Kier alpha value is -0.570. The van der Waals surface area contributed by atoms with Crippen LogP contribution in [0.25, 0.3) is 0 Å². The molecular weight excluding hydrogens is 236 g/mol. The quantitative estimate of drug-likeness (QED) is 0.691. The fourth-order valence-electron chi connectivity index (χ4n) is 2.76. The Morgan fingerprint density at radius 1 is 1.29 bits per heavy atom. The minimum Gasteiger partial charge on any atom is -0.301 e. The van der Waals surface area contributed by atoms with Gasteiger partial charge in [-0.3, -0.25) is 0 Å². The second-order valence-corrected chi connectivity index (χ2v) is 6.87. The van der Waals surface area contributed by atoms with Crippen LogP contribution in [0.3, 0.4) is 0 Å². The molecule has 0 aromatic rings. The number of sulfonamides is 1. The molecule has 2 aliphatic rings. The van der Waals surface area contributed by atoms with Crippen LogP contribution in [0.2, 0.25) is 0 Å². The molecule has 2 heterocycles. The number of hydrogen-bond donors (Lipinski definition) is 0. The highest BCUT2D eigenvalue weighted by atomic mass is 32.2. The van der Waals surface area contributed by atoms with Crippen LogP contribution < -0.4 is 0 Å². The number of piperidine rings is 1. The maximum absolute atomic E-state index is 11.9. The Morgan fingerprint density at radius 2 is 2.12 bits per heavy atom. The Labute approximate surface area is 104 Å². The average molecular weight is 256 g/mol. The van der Waals surface area contributed by atoms with Crippen LogP contribution in [0.1, 0.15) is 25.7 Å². The second kappa shape index (κ2) is 5.38. The molecule has 0 aromatic heterocycles. The van der Waals surface area contributed by atoms with Crippen LogP contribution in [-0.2, 0) is 10.0 Å². The van der Waals surface area contributed by atoms with E-state index in [0.717, 1.165) is 45.3 Å². The van der Waals surface area contributed by atoms with Crippen molar-refractivity contribution in [1.29, 1.82) is 0 Å². The highest BCUT2D eigenvalue weighted by Crippen LogP contribution is 2.23. The minimum atomic E-state index is -2.96. The zero-order valence-electron chi connectivity index (χ0n) is 10.1. The molecule has 2 aliphatic heterocycles. The number of hydrogen-bond acceptors (Lipinski definition) is 3. The molecular formula is C12H20N2O2S. The zero-order chi connectivity index (χ0) is 12.3. The van der Waals surface area contributed by atoms with Crippen LogP contribution in [-0.4, -0.2) is 55.6 Å². The predicted molar refractivity (Wildman–Crippen MR) is 68.0 cm³/mol. The van der Waals surface area contributed by atoms with Crippen molar-refractivity contribution in [3.63, 3.8) is 0 Å². The lowest BCUT2D eigenvalue weighted by molar-refractivity contribution is 0.155. The summed E-state index contributed by atoms with van der Waals surface area (Å²) in [5.74, 6) is 2.97. The van der Waals surface area contributed by atoms with Gasteiger partial charge in [-0.25, -0.2) is 8.42 Å². The van der Waals surface area contributed by atoms with Crippen LogP contribution in [0.4, 0.5) is 0 Å². The molecule has 0 bridgehead atoms. The van der Waals surface area contributed by atoms with E-state index < -0.39 is 10.0 Å². The molecule has 0 saturated carbocycles. The third-order valence-electron chi connectivity index (χ3n) is 3.60. The summed E-state index contributed by atoms with van der Waals surface area (Å²) in [6.45, 7) is 3.49. The van der Waals surface area contributed by atoms with E-state index >= 15 is 0 Å². The van der Waals surface area contributed by atoms with Gasteiger partial charge in [0.15, 0.2) is 0 Å². The van der Waals surface area contributed by atoms with Crippen molar-refractivity contribution >= 4 is 10.0 Å². The van der Waals surface area contributed by atoms with Crippen LogP contribution in [0, 0.1) is 12.3 Å². The van der Waals surface area contributed by atoms with Gasteiger partial charge in [-0.05, 0) is 25.8 Å². The first-order chi connectivity index (χ1) is 8.13. The summed E-state index contributed by atoms with van der Waals surface area (Å²) in [4.78, 5) is 2.29. The topological polar surface area (TPSA) is 40.6 Å². The molecule has 0 N–H and O–H groups in total. The summed E-state index contributed by atoms with van der Waals surface area (Å²) in [6, 6.07) is 0.175. The molecule has 2 fully saturated rings. The molecule has 1 atom stereocenters. The molecule has 0 amide bonds. The first-order valence-corrected chi connectivity index (χ1v) is 7.90. The van der Waals surface area contributed by atoms with Gasteiger partial charge in [0.1, 0.15) is 0 Å². The standard InChI is InChI=1S/C12H20N2O2S/c1-2-3-7-13-8-4-6-12(11-13)14-9-5-10-17(14,15)16/h1,12H,3-11H2. The molecule has 2 saturated heterocycles. The highest BCUT2D eigenvalue weighted by Gasteiger charge is 2.36. The van der Waals surface area contributed by atoms with Gasteiger partial charge in [0, 0.05) is 32.1 Å². The van der Waals surface area contributed by atoms with E-state index in [9.17, 15) is 8.42 Å². The van der Waals surface area contributed by atoms with E-state index in [2.05, 4.69) is 10.8 Å². The first kappa shape index (κ1) is 12.9. The average Bonchev–Trinajstić information content (AvgIpc) is 2.67. The van der Waals surface area contributed by atoms with E-state index in [0.29, 0.717) is 12.3 Å². The second-order valence-electron chi connectivity index (χ2n) is 4.83. The number of nitrogens with zero attached hydrogens (tertiary/aromatic N) is 2. The van der Waals surface area contributed by atoms with Crippen molar-refractivity contribution in [3.05, 3.63) is 0 Å². The Morgan fingerprint density at radius 3 is 2.76 bits per heavy atom. The van der Waals surface area contributed by atoms with E-state index in [-0.39, 0.29) is 6.04 Å². The highest BCUT2D eigenvalue weighted by molar-refractivity contribution is 7.89. The number of terminal acetylenes is 1. The Kier molecular flexibility index (Phi) is 4.08. The summed E-state index contributed by atoms with van der Waals surface area (Å²) >= 11 is 0. The summed E-state index contributed by atoms with van der Waals surface area (Å²) in [5.41, 5.74) is 0. The lowest BCUT2D eigenvalue weighted by atomic mass is 10.1. The normalized spacial score (nSPS) is 30.2. The Balaban J connectivity index is 1.95. The van der Waals surface area contributed by atoms with E-state index in [4.69, 9.17) is 6.42 Å². The Bertz CT molecular complexity index is 399. The molecule has 0 aromatic carbocycles. The molecule has 17 heavy (non-hydrogen) atoms. The fraction of sp³-hybridized carbons (Fsp3) is 0.833. The zero-order valence-corrected chi connectivity index (χ0v) is 11.0. The molecule has 4 nitrogen and oxygen atoms in total. The van der Waals surface area contributed by atoms with Crippen molar-refractivity contribution in [2.45, 2.75) is 31.7 Å². The number of likely N-dealkylation sites (tertiary alicyclic amines) is 1. The fourth-order valence-corrected chi connectivity index (χ4v) is 4.52. The number of rotatable bonds is 3. The smallest absolute Gasteiger partial charge is 0.214 e. The van der Waals surface area contributed by atoms with Gasteiger partial charge in [0.2, 0.25) is 10.0 Å². The molecule has 1 unspecified atom stereocenters. The van der Waals surface area contributed by atoms with Crippen molar-refractivity contribution < 1.29 is 8.42 Å². The summed E-state index contributed by atoms with van der Waals surface area (Å²) in [6.07, 6.45) is 8.86. The maximum atomic E-state index is 11.9. The SMILES string of the molecule is C#CCCN1CCCC(N2CCCS2(=O)=O)C1. The van der Waals surface area contributed by atoms with Gasteiger partial charge in [-0.15, -0.1) is 12.3 Å². The van der Waals surface area contributed by atoms with E-state index in [1.807, 2.05) is 0 Å². The van der Waals surface area contributed by atoms with Crippen LogP contribution in [0.15, 0.2) is 0 Å². The van der Waals surface area contributed by atoms with Gasteiger partial charge in [-0.2, -0.15) is 4.31 Å².